The minimum Gasteiger partial charge on any atom is -0.389 e. The van der Waals surface area contributed by atoms with Gasteiger partial charge in [-0.3, -0.25) is 0 Å². The van der Waals surface area contributed by atoms with Gasteiger partial charge in [0, 0.05) is 19.7 Å². The Labute approximate surface area is 117 Å². The fraction of sp³-hybridized carbons (Fsp3) is 1.00. The maximum Gasteiger partial charge on any atom is 0.0897 e. The lowest BCUT2D eigenvalue weighted by atomic mass is 10.1. The molecule has 0 aliphatic heterocycles. The quantitative estimate of drug-likeness (QED) is 0.525. The van der Waals surface area contributed by atoms with Gasteiger partial charge in [0.2, 0.25) is 0 Å². The minimum atomic E-state index is -0.503. The molecular formula is C14H31NO4. The highest BCUT2D eigenvalue weighted by Gasteiger charge is 2.17. The zero-order valence-electron chi connectivity index (χ0n) is 13.1. The summed E-state index contributed by atoms with van der Waals surface area (Å²) in [6.07, 6.45) is -0.285. The molecule has 19 heavy (non-hydrogen) atoms. The van der Waals surface area contributed by atoms with Gasteiger partial charge in [0.15, 0.2) is 0 Å². The second kappa shape index (κ2) is 10.6. The van der Waals surface area contributed by atoms with Crippen molar-refractivity contribution < 1.29 is 19.3 Å². The standard InChI is InChI=1S/C14H31NO4/c1-6-19-14(4,5)11-15-9-13(16)10-17-7-8-18-12(2)3/h12-13,15-16H,6-11H2,1-5H3. The fourth-order valence-corrected chi connectivity index (χ4v) is 1.60. The Morgan fingerprint density at radius 1 is 1.21 bits per heavy atom. The van der Waals surface area contributed by atoms with Crippen LogP contribution in [0.15, 0.2) is 0 Å². The Balaban J connectivity index is 3.46. The van der Waals surface area contributed by atoms with Crippen molar-refractivity contribution in [1.29, 1.82) is 0 Å². The normalized spacial score (nSPS) is 14.1. The van der Waals surface area contributed by atoms with E-state index in [1.807, 2.05) is 34.6 Å². The van der Waals surface area contributed by atoms with E-state index in [1.54, 1.807) is 0 Å². The highest BCUT2D eigenvalue weighted by atomic mass is 16.5. The van der Waals surface area contributed by atoms with E-state index >= 15 is 0 Å². The first-order valence-corrected chi connectivity index (χ1v) is 7.09. The average molecular weight is 277 g/mol. The number of ether oxygens (including phenoxy) is 3. The molecule has 0 amide bonds. The first-order chi connectivity index (χ1) is 8.87. The van der Waals surface area contributed by atoms with Crippen LogP contribution < -0.4 is 5.32 Å². The Bertz CT molecular complexity index is 210. The second-order valence-corrected chi connectivity index (χ2v) is 5.47. The maximum atomic E-state index is 9.72. The van der Waals surface area contributed by atoms with Crippen LogP contribution in [0.3, 0.4) is 0 Å². The topological polar surface area (TPSA) is 60.0 Å². The fourth-order valence-electron chi connectivity index (χ4n) is 1.60. The number of hydrogen-bond acceptors (Lipinski definition) is 5. The average Bonchev–Trinajstić information content (AvgIpc) is 2.27. The summed E-state index contributed by atoms with van der Waals surface area (Å²) in [6.45, 7) is 13.3. The molecule has 0 aromatic rings. The third-order valence-electron chi connectivity index (χ3n) is 2.45. The number of rotatable bonds is 12. The molecule has 0 aromatic heterocycles. The van der Waals surface area contributed by atoms with E-state index in [0.717, 1.165) is 0 Å². The van der Waals surface area contributed by atoms with E-state index in [0.29, 0.717) is 39.5 Å². The van der Waals surface area contributed by atoms with Crippen LogP contribution in [0.2, 0.25) is 0 Å². The minimum absolute atomic E-state index is 0.208. The molecule has 0 spiro atoms. The Morgan fingerprint density at radius 2 is 1.89 bits per heavy atom. The van der Waals surface area contributed by atoms with Crippen LogP contribution in [0.4, 0.5) is 0 Å². The third-order valence-corrected chi connectivity index (χ3v) is 2.45. The summed E-state index contributed by atoms with van der Waals surface area (Å²) in [4.78, 5) is 0. The lowest BCUT2D eigenvalue weighted by molar-refractivity contribution is -0.0204. The van der Waals surface area contributed by atoms with Crippen LogP contribution in [-0.4, -0.2) is 62.4 Å². The zero-order chi connectivity index (χ0) is 14.7. The molecule has 0 saturated carbocycles. The van der Waals surface area contributed by atoms with Crippen molar-refractivity contribution in [3.63, 3.8) is 0 Å². The summed E-state index contributed by atoms with van der Waals surface area (Å²) in [5.41, 5.74) is -0.208. The molecule has 0 saturated heterocycles. The molecule has 0 heterocycles. The van der Waals surface area contributed by atoms with E-state index < -0.39 is 6.10 Å². The van der Waals surface area contributed by atoms with Gasteiger partial charge < -0.3 is 24.6 Å². The maximum absolute atomic E-state index is 9.72. The predicted octanol–water partition coefficient (Wildman–Crippen LogP) is 1.19. The first kappa shape index (κ1) is 18.8. The lowest BCUT2D eigenvalue weighted by Gasteiger charge is -2.25. The van der Waals surface area contributed by atoms with Crippen molar-refractivity contribution >= 4 is 0 Å². The highest BCUT2D eigenvalue weighted by molar-refractivity contribution is 4.72. The van der Waals surface area contributed by atoms with Gasteiger partial charge in [-0.2, -0.15) is 0 Å². The number of hydrogen-bond donors (Lipinski definition) is 2. The van der Waals surface area contributed by atoms with Gasteiger partial charge in [0.1, 0.15) is 0 Å². The molecule has 0 aromatic carbocycles. The van der Waals surface area contributed by atoms with Gasteiger partial charge in [-0.15, -0.1) is 0 Å². The van der Waals surface area contributed by atoms with Crippen molar-refractivity contribution in [2.75, 3.05) is 39.5 Å². The van der Waals surface area contributed by atoms with E-state index in [2.05, 4.69) is 5.32 Å². The third kappa shape index (κ3) is 12.6. The summed E-state index contributed by atoms with van der Waals surface area (Å²) in [7, 11) is 0. The SMILES string of the molecule is CCOC(C)(C)CNCC(O)COCCOC(C)C. The van der Waals surface area contributed by atoms with Crippen LogP contribution in [-0.2, 0) is 14.2 Å². The first-order valence-electron chi connectivity index (χ1n) is 7.09. The van der Waals surface area contributed by atoms with E-state index in [1.165, 1.54) is 0 Å². The smallest absolute Gasteiger partial charge is 0.0897 e. The van der Waals surface area contributed by atoms with Gasteiger partial charge in [-0.05, 0) is 34.6 Å². The molecule has 0 rings (SSSR count). The number of aliphatic hydroxyl groups excluding tert-OH is 1. The monoisotopic (exact) mass is 277 g/mol. The van der Waals surface area contributed by atoms with Crippen molar-refractivity contribution in [3.05, 3.63) is 0 Å². The predicted molar refractivity (Wildman–Crippen MR) is 76.5 cm³/mol. The Hall–Kier alpha value is -0.200. The van der Waals surface area contributed by atoms with E-state index in [9.17, 15) is 5.11 Å². The molecule has 0 aliphatic rings. The van der Waals surface area contributed by atoms with Gasteiger partial charge >= 0.3 is 0 Å². The van der Waals surface area contributed by atoms with Crippen molar-refractivity contribution in [2.24, 2.45) is 0 Å². The molecule has 116 valence electrons. The van der Waals surface area contributed by atoms with Crippen molar-refractivity contribution in [3.8, 4) is 0 Å². The summed E-state index contributed by atoms with van der Waals surface area (Å²) in [5, 5.41) is 12.9. The molecular weight excluding hydrogens is 246 g/mol. The lowest BCUT2D eigenvalue weighted by Crippen LogP contribution is -2.41. The van der Waals surface area contributed by atoms with Crippen molar-refractivity contribution in [2.45, 2.75) is 52.4 Å². The Kier molecular flexibility index (Phi) is 10.5. The largest absolute Gasteiger partial charge is 0.389 e. The van der Waals surface area contributed by atoms with Gasteiger partial charge in [-0.1, -0.05) is 0 Å². The number of nitrogens with one attached hydrogen (secondary N) is 1. The summed E-state index contributed by atoms with van der Waals surface area (Å²) in [6, 6.07) is 0. The molecule has 0 bridgehead atoms. The van der Waals surface area contributed by atoms with Crippen molar-refractivity contribution in [1.82, 2.24) is 5.32 Å². The van der Waals surface area contributed by atoms with Crippen LogP contribution in [0.1, 0.15) is 34.6 Å². The van der Waals surface area contributed by atoms with Gasteiger partial charge in [0.05, 0.1) is 37.6 Å². The highest BCUT2D eigenvalue weighted by Crippen LogP contribution is 2.06. The summed E-state index contributed by atoms with van der Waals surface area (Å²) >= 11 is 0. The van der Waals surface area contributed by atoms with E-state index in [4.69, 9.17) is 14.2 Å². The van der Waals surface area contributed by atoms with Crippen LogP contribution in [0, 0.1) is 0 Å². The molecule has 0 radical (unpaired) electrons. The zero-order valence-corrected chi connectivity index (χ0v) is 13.1. The molecule has 1 unspecified atom stereocenters. The second-order valence-electron chi connectivity index (χ2n) is 5.47. The van der Waals surface area contributed by atoms with E-state index in [-0.39, 0.29) is 11.7 Å². The Morgan fingerprint density at radius 3 is 2.47 bits per heavy atom. The van der Waals surface area contributed by atoms with Gasteiger partial charge in [0.25, 0.3) is 0 Å². The molecule has 0 aliphatic carbocycles. The molecule has 2 N–H and O–H groups in total. The molecule has 0 fully saturated rings. The molecule has 5 heteroatoms. The van der Waals surface area contributed by atoms with Crippen LogP contribution in [0.25, 0.3) is 0 Å². The number of aliphatic hydroxyl groups is 1. The summed E-state index contributed by atoms with van der Waals surface area (Å²) < 4.78 is 16.2. The van der Waals surface area contributed by atoms with Crippen LogP contribution in [0.5, 0.6) is 0 Å². The molecule has 5 nitrogen and oxygen atoms in total. The van der Waals surface area contributed by atoms with Crippen LogP contribution >= 0.6 is 0 Å². The van der Waals surface area contributed by atoms with Gasteiger partial charge in [-0.25, -0.2) is 0 Å². The summed E-state index contributed by atoms with van der Waals surface area (Å²) in [5.74, 6) is 0. The molecule has 1 atom stereocenters.